The van der Waals surface area contributed by atoms with Gasteiger partial charge in [-0.15, -0.1) is 0 Å². The summed E-state index contributed by atoms with van der Waals surface area (Å²) in [6.07, 6.45) is 4.53. The van der Waals surface area contributed by atoms with Crippen molar-refractivity contribution < 1.29 is 14.4 Å². The highest BCUT2D eigenvalue weighted by molar-refractivity contribution is 6.30. The minimum Gasteiger partial charge on any atom is -0.349 e. The highest BCUT2D eigenvalue weighted by Gasteiger charge is 2.33. The van der Waals surface area contributed by atoms with Crippen LogP contribution >= 0.6 is 11.6 Å². The molecule has 0 aromatic heterocycles. The van der Waals surface area contributed by atoms with Crippen molar-refractivity contribution >= 4 is 29.7 Å². The van der Waals surface area contributed by atoms with Crippen LogP contribution in [0, 0.1) is 5.92 Å². The van der Waals surface area contributed by atoms with Gasteiger partial charge in [-0.25, -0.2) is 0 Å². The van der Waals surface area contributed by atoms with Gasteiger partial charge in [0.15, 0.2) is 0 Å². The van der Waals surface area contributed by atoms with Gasteiger partial charge in [-0.3, -0.25) is 9.59 Å². The Morgan fingerprint density at radius 3 is 2.41 bits per heavy atom. The summed E-state index contributed by atoms with van der Waals surface area (Å²) in [5.74, 6) is -0.750. The Kier molecular flexibility index (Phi) is 7.42. The van der Waals surface area contributed by atoms with Crippen molar-refractivity contribution in [3.05, 3.63) is 70.7 Å². The molecule has 3 atom stereocenters. The topological polar surface area (TPSA) is 75.3 Å². The monoisotopic (exact) mass is 412 g/mol. The van der Waals surface area contributed by atoms with Gasteiger partial charge in [0.2, 0.25) is 5.91 Å². The van der Waals surface area contributed by atoms with Gasteiger partial charge in [0.05, 0.1) is 12.0 Å². The fraction of sp³-hybridized carbons (Fsp3) is 0.348. The number of hydrogen-bond acceptors (Lipinski definition) is 3. The molecule has 2 amide bonds. The van der Waals surface area contributed by atoms with E-state index in [1.54, 1.807) is 24.3 Å². The van der Waals surface area contributed by atoms with E-state index in [4.69, 9.17) is 11.6 Å². The fourth-order valence-corrected chi connectivity index (χ4v) is 3.89. The summed E-state index contributed by atoms with van der Waals surface area (Å²) in [4.78, 5) is 37.0. The van der Waals surface area contributed by atoms with Crippen LogP contribution in [-0.4, -0.2) is 30.2 Å². The Morgan fingerprint density at radius 2 is 1.72 bits per heavy atom. The maximum atomic E-state index is 12.9. The maximum absolute atomic E-state index is 12.9. The van der Waals surface area contributed by atoms with Crippen LogP contribution in [0.3, 0.4) is 0 Å². The van der Waals surface area contributed by atoms with Gasteiger partial charge < -0.3 is 15.4 Å². The van der Waals surface area contributed by atoms with Crippen LogP contribution < -0.4 is 10.6 Å². The number of hydrogen-bond donors (Lipinski definition) is 2. The second-order valence-electron chi connectivity index (χ2n) is 7.42. The van der Waals surface area contributed by atoms with E-state index in [1.165, 1.54) is 0 Å². The van der Waals surface area contributed by atoms with E-state index in [1.807, 2.05) is 30.3 Å². The van der Waals surface area contributed by atoms with E-state index in [0.717, 1.165) is 31.1 Å². The lowest BCUT2D eigenvalue weighted by molar-refractivity contribution is -0.129. The fourth-order valence-electron chi connectivity index (χ4n) is 3.76. The molecule has 2 aromatic carbocycles. The number of benzene rings is 2. The largest absolute Gasteiger partial charge is 0.349 e. The standard InChI is InChI=1S/C23H25ClN2O3/c24-18-12-10-17(11-13-18)22(28)26-21-9-5-4-8-20(21)23(29)25-19(15-27)14-16-6-2-1-3-7-16/h1-3,6-7,10-13,15,19-21H,4-5,8-9,14H2,(H,25,29)(H,26,28)/t19-,20+,21-/m0/s1. The van der Waals surface area contributed by atoms with Gasteiger partial charge in [-0.2, -0.15) is 0 Å². The summed E-state index contributed by atoms with van der Waals surface area (Å²) in [6, 6.07) is 15.4. The van der Waals surface area contributed by atoms with Crippen molar-refractivity contribution in [1.29, 1.82) is 0 Å². The third kappa shape index (κ3) is 5.91. The Bertz CT molecular complexity index is 839. The molecule has 0 spiro atoms. The highest BCUT2D eigenvalue weighted by atomic mass is 35.5. The summed E-state index contributed by atoms with van der Waals surface area (Å²) in [5.41, 5.74) is 1.50. The van der Waals surface area contributed by atoms with Crippen LogP contribution in [0.25, 0.3) is 0 Å². The zero-order valence-electron chi connectivity index (χ0n) is 16.1. The first-order valence-electron chi connectivity index (χ1n) is 9.93. The van der Waals surface area contributed by atoms with Crippen molar-refractivity contribution in [1.82, 2.24) is 10.6 Å². The molecular weight excluding hydrogens is 388 g/mol. The van der Waals surface area contributed by atoms with Gasteiger partial charge in [0, 0.05) is 16.6 Å². The normalized spacial score (nSPS) is 19.8. The Labute approximate surface area is 175 Å². The van der Waals surface area contributed by atoms with E-state index in [-0.39, 0.29) is 23.8 Å². The van der Waals surface area contributed by atoms with Crippen molar-refractivity contribution in [2.75, 3.05) is 0 Å². The number of aldehydes is 1. The predicted molar refractivity (Wildman–Crippen MR) is 113 cm³/mol. The van der Waals surface area contributed by atoms with Crippen LogP contribution in [0.5, 0.6) is 0 Å². The molecule has 0 aliphatic heterocycles. The van der Waals surface area contributed by atoms with Crippen molar-refractivity contribution in [3.63, 3.8) is 0 Å². The lowest BCUT2D eigenvalue weighted by atomic mass is 9.83. The number of amides is 2. The molecule has 3 rings (SSSR count). The quantitative estimate of drug-likeness (QED) is 0.683. The molecule has 0 unspecified atom stereocenters. The van der Waals surface area contributed by atoms with Crippen molar-refractivity contribution in [2.45, 2.75) is 44.2 Å². The molecule has 29 heavy (non-hydrogen) atoms. The van der Waals surface area contributed by atoms with Gasteiger partial charge in [0.25, 0.3) is 5.91 Å². The average Bonchev–Trinajstić information content (AvgIpc) is 2.74. The Morgan fingerprint density at radius 1 is 1.03 bits per heavy atom. The molecule has 152 valence electrons. The van der Waals surface area contributed by atoms with E-state index in [9.17, 15) is 14.4 Å². The number of rotatable bonds is 7. The first-order valence-corrected chi connectivity index (χ1v) is 10.3. The molecule has 2 aromatic rings. The van der Waals surface area contributed by atoms with Crippen molar-refractivity contribution in [3.8, 4) is 0 Å². The number of carbonyl (C=O) groups is 3. The van der Waals surface area contributed by atoms with Gasteiger partial charge >= 0.3 is 0 Å². The third-order valence-corrected chi connectivity index (χ3v) is 5.57. The molecule has 5 nitrogen and oxygen atoms in total. The molecule has 2 N–H and O–H groups in total. The van der Waals surface area contributed by atoms with Gasteiger partial charge in [-0.05, 0) is 49.1 Å². The highest BCUT2D eigenvalue weighted by Crippen LogP contribution is 2.25. The molecule has 0 saturated heterocycles. The third-order valence-electron chi connectivity index (χ3n) is 5.32. The molecule has 0 radical (unpaired) electrons. The lowest BCUT2D eigenvalue weighted by Gasteiger charge is -2.32. The summed E-state index contributed by atoms with van der Waals surface area (Å²) >= 11 is 5.88. The first kappa shape index (κ1) is 21.1. The summed E-state index contributed by atoms with van der Waals surface area (Å²) in [5, 5.41) is 6.42. The molecule has 1 aliphatic rings. The molecule has 0 bridgehead atoms. The first-order chi connectivity index (χ1) is 14.1. The summed E-state index contributed by atoms with van der Waals surface area (Å²) < 4.78 is 0. The van der Waals surface area contributed by atoms with Crippen LogP contribution in [0.15, 0.2) is 54.6 Å². The number of halogens is 1. The van der Waals surface area contributed by atoms with Crippen LogP contribution in [0.4, 0.5) is 0 Å². The van der Waals surface area contributed by atoms with E-state index in [0.29, 0.717) is 23.4 Å². The Hall–Kier alpha value is -2.66. The zero-order valence-corrected chi connectivity index (χ0v) is 16.9. The lowest BCUT2D eigenvalue weighted by Crippen LogP contribution is -2.51. The summed E-state index contributed by atoms with van der Waals surface area (Å²) in [7, 11) is 0. The average molecular weight is 413 g/mol. The van der Waals surface area contributed by atoms with Crippen molar-refractivity contribution in [2.24, 2.45) is 5.92 Å². The second kappa shape index (κ2) is 10.2. The summed E-state index contributed by atoms with van der Waals surface area (Å²) in [6.45, 7) is 0. The minimum atomic E-state index is -0.584. The van der Waals surface area contributed by atoms with E-state index >= 15 is 0 Å². The van der Waals surface area contributed by atoms with E-state index in [2.05, 4.69) is 10.6 Å². The second-order valence-corrected chi connectivity index (χ2v) is 7.86. The van der Waals surface area contributed by atoms with Gasteiger partial charge in [0.1, 0.15) is 6.29 Å². The van der Waals surface area contributed by atoms with E-state index < -0.39 is 6.04 Å². The van der Waals surface area contributed by atoms with Crippen LogP contribution in [0.1, 0.15) is 41.6 Å². The van der Waals surface area contributed by atoms with Gasteiger partial charge in [-0.1, -0.05) is 54.8 Å². The SMILES string of the molecule is O=C[C@H](Cc1ccccc1)NC(=O)[C@@H]1CCCC[C@@H]1NC(=O)c1ccc(Cl)cc1. The zero-order chi connectivity index (χ0) is 20.6. The molecule has 1 fully saturated rings. The number of carbonyl (C=O) groups excluding carboxylic acids is 3. The predicted octanol–water partition coefficient (Wildman–Crippen LogP) is 3.56. The molecule has 1 aliphatic carbocycles. The smallest absolute Gasteiger partial charge is 0.251 e. The minimum absolute atomic E-state index is 0.181. The number of nitrogens with one attached hydrogen (secondary N) is 2. The molecular formula is C23H25ClN2O3. The molecule has 1 saturated carbocycles. The molecule has 6 heteroatoms. The molecule has 0 heterocycles. The maximum Gasteiger partial charge on any atom is 0.251 e. The van der Waals surface area contributed by atoms with Crippen LogP contribution in [0.2, 0.25) is 5.02 Å². The Balaban J connectivity index is 1.63. The van der Waals surface area contributed by atoms with Crippen LogP contribution in [-0.2, 0) is 16.0 Å².